The van der Waals surface area contributed by atoms with Crippen LogP contribution in [0.3, 0.4) is 0 Å². The summed E-state index contributed by atoms with van der Waals surface area (Å²) in [5.74, 6) is 1.02. The van der Waals surface area contributed by atoms with Crippen LogP contribution in [0.4, 0.5) is 0 Å². The third-order valence-electron chi connectivity index (χ3n) is 2.60. The molecule has 0 aromatic carbocycles. The van der Waals surface area contributed by atoms with Gasteiger partial charge in [-0.3, -0.25) is 4.79 Å². The molecule has 18 heavy (non-hydrogen) atoms. The van der Waals surface area contributed by atoms with Crippen LogP contribution in [-0.2, 0) is 4.79 Å². The predicted molar refractivity (Wildman–Crippen MR) is 79.1 cm³/mol. The second-order valence-corrected chi connectivity index (χ2v) is 7.54. The number of nitrogens with zero attached hydrogens (tertiary/aromatic N) is 1. The molecule has 1 unspecified atom stereocenters. The van der Waals surface area contributed by atoms with Crippen LogP contribution in [0, 0.1) is 0 Å². The van der Waals surface area contributed by atoms with Gasteiger partial charge in [-0.1, -0.05) is 11.8 Å². The van der Waals surface area contributed by atoms with E-state index in [0.29, 0.717) is 0 Å². The second kappa shape index (κ2) is 5.51. The molecule has 1 atom stereocenters. The van der Waals surface area contributed by atoms with E-state index < -0.39 is 0 Å². The number of aliphatic imine (C=N–C) groups is 1. The predicted octanol–water partition coefficient (Wildman–Crippen LogP) is 2.15. The zero-order chi connectivity index (χ0) is 14.0. The summed E-state index contributed by atoms with van der Waals surface area (Å²) in [4.78, 5) is 16.4. The fraction of sp³-hybridized carbons (Fsp3) is 0.846. The Kier molecular flexibility index (Phi) is 4.70. The summed E-state index contributed by atoms with van der Waals surface area (Å²) in [7, 11) is 0. The zero-order valence-electron chi connectivity index (χ0n) is 12.3. The highest BCUT2D eigenvalue weighted by Gasteiger charge is 2.26. The highest BCUT2D eigenvalue weighted by Crippen LogP contribution is 2.21. The lowest BCUT2D eigenvalue weighted by molar-refractivity contribution is -0.123. The SMILES string of the molecule is CC(N=C1NC(C)(C)CCS1)C(=O)NC(C)(C)C. The molecule has 0 aromatic rings. The van der Waals surface area contributed by atoms with E-state index in [0.717, 1.165) is 17.3 Å². The second-order valence-electron chi connectivity index (χ2n) is 6.46. The van der Waals surface area contributed by atoms with Crippen LogP contribution in [0.1, 0.15) is 48.0 Å². The maximum atomic E-state index is 11.9. The van der Waals surface area contributed by atoms with Gasteiger partial charge in [-0.25, -0.2) is 4.99 Å². The van der Waals surface area contributed by atoms with Crippen molar-refractivity contribution in [1.82, 2.24) is 10.6 Å². The third-order valence-corrected chi connectivity index (χ3v) is 3.49. The lowest BCUT2D eigenvalue weighted by atomic mass is 10.0. The Hall–Kier alpha value is -0.710. The molecule has 1 amide bonds. The van der Waals surface area contributed by atoms with Crippen molar-refractivity contribution in [3.8, 4) is 0 Å². The molecule has 0 radical (unpaired) electrons. The fourth-order valence-electron chi connectivity index (χ4n) is 1.57. The van der Waals surface area contributed by atoms with Gasteiger partial charge >= 0.3 is 0 Å². The van der Waals surface area contributed by atoms with Crippen LogP contribution in [0.25, 0.3) is 0 Å². The average molecular weight is 271 g/mol. The minimum absolute atomic E-state index is 0.0271. The van der Waals surface area contributed by atoms with E-state index >= 15 is 0 Å². The van der Waals surface area contributed by atoms with Crippen LogP contribution < -0.4 is 10.6 Å². The normalized spacial score (nSPS) is 23.3. The summed E-state index contributed by atoms with van der Waals surface area (Å²) in [5.41, 5.74) is -0.137. The first-order chi connectivity index (χ1) is 8.09. The molecule has 0 spiro atoms. The number of hydrogen-bond donors (Lipinski definition) is 2. The number of nitrogens with one attached hydrogen (secondary N) is 2. The molecule has 2 N–H and O–H groups in total. The highest BCUT2D eigenvalue weighted by molar-refractivity contribution is 8.13. The van der Waals surface area contributed by atoms with Crippen molar-refractivity contribution in [2.45, 2.75) is 65.1 Å². The molecule has 1 heterocycles. The Morgan fingerprint density at radius 1 is 1.50 bits per heavy atom. The van der Waals surface area contributed by atoms with Gasteiger partial charge in [0.25, 0.3) is 0 Å². The van der Waals surface area contributed by atoms with Gasteiger partial charge in [-0.2, -0.15) is 0 Å². The van der Waals surface area contributed by atoms with Crippen LogP contribution in [-0.4, -0.2) is 33.9 Å². The van der Waals surface area contributed by atoms with E-state index in [4.69, 9.17) is 0 Å². The largest absolute Gasteiger partial charge is 0.360 e. The standard InChI is InChI=1S/C13H25N3OS/c1-9(10(17)15-12(2,3)4)14-11-16-13(5,6)7-8-18-11/h9H,7-8H2,1-6H3,(H,14,16)(H,15,17). The van der Waals surface area contributed by atoms with Gasteiger partial charge in [0.1, 0.15) is 6.04 Å². The smallest absolute Gasteiger partial charge is 0.245 e. The highest BCUT2D eigenvalue weighted by atomic mass is 32.2. The summed E-state index contributed by atoms with van der Waals surface area (Å²) >= 11 is 1.69. The lowest BCUT2D eigenvalue weighted by Crippen LogP contribution is -2.48. The van der Waals surface area contributed by atoms with E-state index in [1.807, 2.05) is 27.7 Å². The molecule has 1 rings (SSSR count). The number of amides is 1. The molecule has 0 aliphatic carbocycles. The van der Waals surface area contributed by atoms with Crippen molar-refractivity contribution >= 4 is 22.8 Å². The van der Waals surface area contributed by atoms with Crippen molar-refractivity contribution in [2.24, 2.45) is 4.99 Å². The van der Waals surface area contributed by atoms with Crippen molar-refractivity contribution in [3.63, 3.8) is 0 Å². The Balaban J connectivity index is 2.62. The minimum atomic E-state index is -0.354. The van der Waals surface area contributed by atoms with Crippen molar-refractivity contribution in [3.05, 3.63) is 0 Å². The number of thioether (sulfide) groups is 1. The summed E-state index contributed by atoms with van der Waals surface area (Å²) in [6.45, 7) is 12.1. The Labute approximate surface area is 114 Å². The van der Waals surface area contributed by atoms with E-state index in [1.165, 1.54) is 0 Å². The summed E-state index contributed by atoms with van der Waals surface area (Å²) in [5, 5.41) is 7.20. The van der Waals surface area contributed by atoms with Gasteiger partial charge in [-0.05, 0) is 48.0 Å². The van der Waals surface area contributed by atoms with E-state index in [1.54, 1.807) is 11.8 Å². The fourth-order valence-corrected chi connectivity index (χ4v) is 2.96. The molecule has 104 valence electrons. The minimum Gasteiger partial charge on any atom is -0.360 e. The van der Waals surface area contributed by atoms with Crippen LogP contribution >= 0.6 is 11.8 Å². The molecule has 0 saturated carbocycles. The molecule has 1 aliphatic rings. The molecular weight excluding hydrogens is 246 g/mol. The molecule has 0 bridgehead atoms. The van der Waals surface area contributed by atoms with Gasteiger partial charge in [0.2, 0.25) is 5.91 Å². The Morgan fingerprint density at radius 3 is 2.61 bits per heavy atom. The van der Waals surface area contributed by atoms with Gasteiger partial charge < -0.3 is 10.6 Å². The van der Waals surface area contributed by atoms with Gasteiger partial charge in [0.15, 0.2) is 5.17 Å². The van der Waals surface area contributed by atoms with Gasteiger partial charge in [0.05, 0.1) is 0 Å². The molecule has 1 aliphatic heterocycles. The van der Waals surface area contributed by atoms with Gasteiger partial charge in [-0.15, -0.1) is 0 Å². The molecule has 0 aromatic heterocycles. The van der Waals surface area contributed by atoms with Crippen molar-refractivity contribution < 1.29 is 4.79 Å². The number of carbonyl (C=O) groups is 1. The monoisotopic (exact) mass is 271 g/mol. The molecule has 1 fully saturated rings. The molecule has 1 saturated heterocycles. The van der Waals surface area contributed by atoms with Crippen LogP contribution in [0.2, 0.25) is 0 Å². The van der Waals surface area contributed by atoms with E-state index in [2.05, 4.69) is 29.5 Å². The van der Waals surface area contributed by atoms with Crippen molar-refractivity contribution in [1.29, 1.82) is 0 Å². The third kappa shape index (κ3) is 5.29. The first-order valence-corrected chi connectivity index (χ1v) is 7.38. The van der Waals surface area contributed by atoms with Gasteiger partial charge in [0, 0.05) is 16.8 Å². The molecule has 5 heteroatoms. The summed E-state index contributed by atoms with van der Waals surface area (Å²) in [6, 6.07) is -0.354. The topological polar surface area (TPSA) is 53.5 Å². The summed E-state index contributed by atoms with van der Waals surface area (Å²) in [6.07, 6.45) is 1.11. The molecular formula is C13H25N3OS. The summed E-state index contributed by atoms with van der Waals surface area (Å²) < 4.78 is 0. The number of hydrogen-bond acceptors (Lipinski definition) is 3. The molecule has 4 nitrogen and oxygen atoms in total. The first-order valence-electron chi connectivity index (χ1n) is 6.40. The quantitative estimate of drug-likeness (QED) is 0.809. The number of amidine groups is 1. The first kappa shape index (κ1) is 15.3. The van der Waals surface area contributed by atoms with E-state index in [9.17, 15) is 4.79 Å². The van der Waals surface area contributed by atoms with Crippen LogP contribution in [0.5, 0.6) is 0 Å². The van der Waals surface area contributed by atoms with Crippen LogP contribution in [0.15, 0.2) is 4.99 Å². The number of rotatable bonds is 2. The average Bonchev–Trinajstić information content (AvgIpc) is 2.12. The maximum absolute atomic E-state index is 11.9. The van der Waals surface area contributed by atoms with E-state index in [-0.39, 0.29) is 23.0 Å². The lowest BCUT2D eigenvalue weighted by Gasteiger charge is -2.32. The van der Waals surface area contributed by atoms with Crippen molar-refractivity contribution in [2.75, 3.05) is 5.75 Å². The number of carbonyl (C=O) groups excluding carboxylic acids is 1. The Morgan fingerprint density at radius 2 is 2.11 bits per heavy atom. The zero-order valence-corrected chi connectivity index (χ0v) is 13.1. The Bertz CT molecular complexity index is 345. The maximum Gasteiger partial charge on any atom is 0.245 e.